The van der Waals surface area contributed by atoms with E-state index in [1.807, 2.05) is 0 Å². The molecule has 0 aliphatic heterocycles. The van der Waals surface area contributed by atoms with Crippen LogP contribution in [0.2, 0.25) is 0 Å². The molecule has 0 aliphatic carbocycles. The quantitative estimate of drug-likeness (QED) is 0.829. The van der Waals surface area contributed by atoms with Crippen LogP contribution in [0.4, 0.5) is 10.1 Å². The highest BCUT2D eigenvalue weighted by molar-refractivity contribution is 7.89. The number of ether oxygens (including phenoxy) is 2. The molecule has 2 aromatic carbocycles. The van der Waals surface area contributed by atoms with Crippen molar-refractivity contribution in [1.29, 1.82) is 0 Å². The predicted molar refractivity (Wildman–Crippen MR) is 94.8 cm³/mol. The van der Waals surface area contributed by atoms with Crippen molar-refractivity contribution in [3.8, 4) is 11.5 Å². The molecule has 0 atom stereocenters. The lowest BCUT2D eigenvalue weighted by molar-refractivity contribution is 0.102. The van der Waals surface area contributed by atoms with Gasteiger partial charge < -0.3 is 14.8 Å². The number of anilines is 1. The summed E-state index contributed by atoms with van der Waals surface area (Å²) in [6, 6.07) is 7.73. The molecular weight excluding hydrogens is 363 g/mol. The van der Waals surface area contributed by atoms with Gasteiger partial charge in [-0.1, -0.05) is 0 Å². The number of nitrogens with zero attached hydrogens (tertiary/aromatic N) is 1. The predicted octanol–water partition coefficient (Wildman–Crippen LogP) is 2.35. The minimum absolute atomic E-state index is 0.184. The number of hydrogen-bond donors (Lipinski definition) is 1. The minimum atomic E-state index is -3.80. The van der Waals surface area contributed by atoms with Crippen LogP contribution >= 0.6 is 0 Å². The molecule has 0 radical (unpaired) electrons. The molecule has 0 fully saturated rings. The lowest BCUT2D eigenvalue weighted by atomic mass is 10.2. The molecule has 1 amide bonds. The Kier molecular flexibility index (Phi) is 5.83. The molecule has 2 aromatic rings. The zero-order chi connectivity index (χ0) is 19.5. The summed E-state index contributed by atoms with van der Waals surface area (Å²) in [4.78, 5) is 12.3. The standard InChI is InChI=1S/C17H19FN2O5S/c1-20(2)26(22,23)12-6-7-14(18)13(10-12)17(21)19-15-8-5-11(24-3)9-16(15)25-4/h5-10H,1-4H3,(H,19,21). The number of methoxy groups -OCH3 is 2. The highest BCUT2D eigenvalue weighted by atomic mass is 32.2. The summed E-state index contributed by atoms with van der Waals surface area (Å²) in [7, 11) is 1.79. The molecule has 1 N–H and O–H groups in total. The third-order valence-electron chi connectivity index (χ3n) is 3.62. The molecule has 0 saturated heterocycles. The Morgan fingerprint density at radius 1 is 1.08 bits per heavy atom. The number of rotatable bonds is 6. The Hall–Kier alpha value is -2.65. The molecule has 0 saturated carbocycles. The number of benzene rings is 2. The van der Waals surface area contributed by atoms with E-state index in [1.54, 1.807) is 12.1 Å². The van der Waals surface area contributed by atoms with Crippen LogP contribution in [0.25, 0.3) is 0 Å². The number of carbonyl (C=O) groups excluding carboxylic acids is 1. The van der Waals surface area contributed by atoms with Crippen LogP contribution in [-0.2, 0) is 10.0 Å². The van der Waals surface area contributed by atoms with Crippen LogP contribution in [-0.4, -0.2) is 46.9 Å². The van der Waals surface area contributed by atoms with Crippen LogP contribution in [0.1, 0.15) is 10.4 Å². The van der Waals surface area contributed by atoms with Crippen molar-refractivity contribution in [3.05, 3.63) is 47.8 Å². The minimum Gasteiger partial charge on any atom is -0.497 e. The van der Waals surface area contributed by atoms with E-state index in [-0.39, 0.29) is 4.90 Å². The summed E-state index contributed by atoms with van der Waals surface area (Å²) in [6.45, 7) is 0. The zero-order valence-corrected chi connectivity index (χ0v) is 15.6. The normalized spacial score (nSPS) is 11.3. The van der Waals surface area contributed by atoms with Crippen LogP contribution in [0.5, 0.6) is 11.5 Å². The van der Waals surface area contributed by atoms with Crippen molar-refractivity contribution in [3.63, 3.8) is 0 Å². The second kappa shape index (κ2) is 7.71. The number of halogens is 1. The van der Waals surface area contributed by atoms with E-state index >= 15 is 0 Å². The molecule has 2 rings (SSSR count). The lowest BCUT2D eigenvalue weighted by Gasteiger charge is -2.14. The zero-order valence-electron chi connectivity index (χ0n) is 14.7. The van der Waals surface area contributed by atoms with Gasteiger partial charge in [-0.25, -0.2) is 17.1 Å². The molecule has 0 aliphatic rings. The maximum atomic E-state index is 14.1. The summed E-state index contributed by atoms with van der Waals surface area (Å²) in [6.07, 6.45) is 0. The van der Waals surface area contributed by atoms with Crippen LogP contribution in [0, 0.1) is 5.82 Å². The highest BCUT2D eigenvalue weighted by Gasteiger charge is 2.22. The van der Waals surface area contributed by atoms with Gasteiger partial charge in [0.2, 0.25) is 10.0 Å². The molecule has 140 valence electrons. The third kappa shape index (κ3) is 3.94. The fourth-order valence-electron chi connectivity index (χ4n) is 2.14. The molecule has 0 unspecified atom stereocenters. The lowest BCUT2D eigenvalue weighted by Crippen LogP contribution is -2.23. The van der Waals surface area contributed by atoms with Crippen molar-refractivity contribution >= 4 is 21.6 Å². The molecule has 0 heterocycles. The molecule has 0 bridgehead atoms. The smallest absolute Gasteiger partial charge is 0.258 e. The summed E-state index contributed by atoms with van der Waals surface area (Å²) in [5.74, 6) is -0.810. The maximum Gasteiger partial charge on any atom is 0.258 e. The van der Waals surface area contributed by atoms with Gasteiger partial charge in [0, 0.05) is 20.2 Å². The summed E-state index contributed by atoms with van der Waals surface area (Å²) >= 11 is 0. The Labute approximate surface area is 151 Å². The first-order chi connectivity index (χ1) is 12.2. The summed E-state index contributed by atoms with van der Waals surface area (Å²) in [5.41, 5.74) is -0.107. The maximum absolute atomic E-state index is 14.1. The van der Waals surface area contributed by atoms with E-state index in [1.165, 1.54) is 34.4 Å². The van der Waals surface area contributed by atoms with Crippen LogP contribution in [0.15, 0.2) is 41.3 Å². The van der Waals surface area contributed by atoms with Gasteiger partial charge in [0.1, 0.15) is 17.3 Å². The average Bonchev–Trinajstić information content (AvgIpc) is 2.61. The molecule has 0 spiro atoms. The van der Waals surface area contributed by atoms with Gasteiger partial charge in [0.05, 0.1) is 30.4 Å². The van der Waals surface area contributed by atoms with Gasteiger partial charge in [-0.3, -0.25) is 4.79 Å². The second-order valence-corrected chi connectivity index (χ2v) is 7.60. The molecule has 0 aromatic heterocycles. The molecule has 9 heteroatoms. The SMILES string of the molecule is COc1ccc(NC(=O)c2cc(S(=O)(=O)N(C)C)ccc2F)c(OC)c1. The largest absolute Gasteiger partial charge is 0.497 e. The summed E-state index contributed by atoms with van der Waals surface area (Å²) < 4.78 is 49.7. The van der Waals surface area contributed by atoms with Crippen LogP contribution < -0.4 is 14.8 Å². The van der Waals surface area contributed by atoms with E-state index in [9.17, 15) is 17.6 Å². The van der Waals surface area contributed by atoms with Gasteiger partial charge in [-0.2, -0.15) is 0 Å². The third-order valence-corrected chi connectivity index (χ3v) is 5.43. The Balaban J connectivity index is 2.39. The highest BCUT2D eigenvalue weighted by Crippen LogP contribution is 2.29. The Morgan fingerprint density at radius 2 is 1.77 bits per heavy atom. The van der Waals surface area contributed by atoms with E-state index in [2.05, 4.69) is 5.32 Å². The van der Waals surface area contributed by atoms with Crippen molar-refractivity contribution in [2.45, 2.75) is 4.90 Å². The van der Waals surface area contributed by atoms with Gasteiger partial charge >= 0.3 is 0 Å². The van der Waals surface area contributed by atoms with Crippen molar-refractivity contribution in [2.75, 3.05) is 33.6 Å². The Bertz CT molecular complexity index is 929. The topological polar surface area (TPSA) is 84.9 Å². The summed E-state index contributed by atoms with van der Waals surface area (Å²) in [5, 5.41) is 2.51. The number of sulfonamides is 1. The van der Waals surface area contributed by atoms with Gasteiger partial charge in [-0.15, -0.1) is 0 Å². The fraction of sp³-hybridized carbons (Fsp3) is 0.235. The van der Waals surface area contributed by atoms with E-state index in [0.29, 0.717) is 17.2 Å². The second-order valence-electron chi connectivity index (χ2n) is 5.45. The monoisotopic (exact) mass is 382 g/mol. The number of amides is 1. The van der Waals surface area contributed by atoms with E-state index in [0.717, 1.165) is 22.5 Å². The molecule has 26 heavy (non-hydrogen) atoms. The average molecular weight is 382 g/mol. The number of nitrogens with one attached hydrogen (secondary N) is 1. The first kappa shape index (κ1) is 19.7. The van der Waals surface area contributed by atoms with E-state index < -0.39 is 27.3 Å². The first-order valence-electron chi connectivity index (χ1n) is 7.46. The number of hydrogen-bond acceptors (Lipinski definition) is 5. The van der Waals surface area contributed by atoms with Gasteiger partial charge in [0.25, 0.3) is 5.91 Å². The molecule has 7 nitrogen and oxygen atoms in total. The molecular formula is C17H19FN2O5S. The Morgan fingerprint density at radius 3 is 2.35 bits per heavy atom. The number of carbonyl (C=O) groups is 1. The fourth-order valence-corrected chi connectivity index (χ4v) is 3.07. The van der Waals surface area contributed by atoms with Gasteiger partial charge in [-0.05, 0) is 30.3 Å². The van der Waals surface area contributed by atoms with Crippen molar-refractivity contribution in [1.82, 2.24) is 4.31 Å². The van der Waals surface area contributed by atoms with Crippen molar-refractivity contribution < 1.29 is 27.1 Å². The van der Waals surface area contributed by atoms with E-state index in [4.69, 9.17) is 9.47 Å². The van der Waals surface area contributed by atoms with Crippen molar-refractivity contribution in [2.24, 2.45) is 0 Å². The van der Waals surface area contributed by atoms with Crippen LogP contribution in [0.3, 0.4) is 0 Å². The first-order valence-corrected chi connectivity index (χ1v) is 8.90. The van der Waals surface area contributed by atoms with Gasteiger partial charge in [0.15, 0.2) is 0 Å².